The van der Waals surface area contributed by atoms with Crippen LogP contribution in [-0.4, -0.2) is 12.2 Å². The predicted octanol–water partition coefficient (Wildman–Crippen LogP) is 5.15. The van der Waals surface area contributed by atoms with Gasteiger partial charge in [0.2, 0.25) is 0 Å². The van der Waals surface area contributed by atoms with E-state index in [0.717, 1.165) is 24.2 Å². The summed E-state index contributed by atoms with van der Waals surface area (Å²) < 4.78 is 5.55. The summed E-state index contributed by atoms with van der Waals surface area (Å²) in [6.07, 6.45) is 1.43. The minimum atomic E-state index is -0.339. The van der Waals surface area contributed by atoms with Crippen molar-refractivity contribution in [3.8, 4) is 0 Å². The van der Waals surface area contributed by atoms with Crippen LogP contribution in [-0.2, 0) is 4.74 Å². The van der Waals surface area contributed by atoms with Gasteiger partial charge in [-0.2, -0.15) is 0 Å². The van der Waals surface area contributed by atoms with Crippen LogP contribution in [0.5, 0.6) is 0 Å². The Labute approximate surface area is 126 Å². The summed E-state index contributed by atoms with van der Waals surface area (Å²) in [6.45, 7) is 4.01. The van der Waals surface area contributed by atoms with Crippen LogP contribution in [0.25, 0.3) is 0 Å². The largest absolute Gasteiger partial charge is 0.446 e. The van der Waals surface area contributed by atoms with Gasteiger partial charge < -0.3 is 4.74 Å². The highest BCUT2D eigenvalue weighted by molar-refractivity contribution is 5.95. The van der Waals surface area contributed by atoms with Gasteiger partial charge in [0, 0.05) is 0 Å². The van der Waals surface area contributed by atoms with Gasteiger partial charge in [-0.15, -0.1) is 0 Å². The molecule has 2 rings (SSSR count). The Hall–Kier alpha value is -2.29. The number of hydrogen-bond donors (Lipinski definition) is 0. The van der Waals surface area contributed by atoms with Crippen molar-refractivity contribution in [2.24, 2.45) is 0 Å². The fraction of sp³-hybridized carbons (Fsp3) is 0.278. The first-order valence-corrected chi connectivity index (χ1v) is 7.33. The average Bonchev–Trinajstić information content (AvgIpc) is 2.50. The van der Waals surface area contributed by atoms with E-state index in [2.05, 4.69) is 6.92 Å². The highest BCUT2D eigenvalue weighted by Gasteiger charge is 2.21. The van der Waals surface area contributed by atoms with E-state index in [1.54, 1.807) is 4.90 Å². The number of para-hydroxylation sites is 2. The number of carbonyl (C=O) groups excluding carboxylic acids is 1. The molecule has 110 valence electrons. The molecule has 1 atom stereocenters. The number of anilines is 2. The Morgan fingerprint density at radius 2 is 1.48 bits per heavy atom. The first-order valence-electron chi connectivity index (χ1n) is 7.33. The third-order valence-electron chi connectivity index (χ3n) is 3.21. The topological polar surface area (TPSA) is 29.5 Å². The van der Waals surface area contributed by atoms with E-state index in [-0.39, 0.29) is 12.2 Å². The molecular formula is C18H21NO2. The summed E-state index contributed by atoms with van der Waals surface area (Å²) in [5.41, 5.74) is 1.61. The maximum Gasteiger partial charge on any atom is 0.419 e. The zero-order valence-corrected chi connectivity index (χ0v) is 12.5. The van der Waals surface area contributed by atoms with Gasteiger partial charge in [0.05, 0.1) is 11.4 Å². The van der Waals surface area contributed by atoms with Gasteiger partial charge in [-0.3, -0.25) is 0 Å². The van der Waals surface area contributed by atoms with Gasteiger partial charge in [-0.25, -0.2) is 9.69 Å². The zero-order valence-electron chi connectivity index (χ0n) is 12.5. The molecule has 1 unspecified atom stereocenters. The highest BCUT2D eigenvalue weighted by atomic mass is 16.6. The van der Waals surface area contributed by atoms with Crippen LogP contribution in [0.1, 0.15) is 26.7 Å². The smallest absolute Gasteiger partial charge is 0.419 e. The van der Waals surface area contributed by atoms with E-state index in [9.17, 15) is 4.79 Å². The molecule has 0 saturated carbocycles. The molecule has 3 heteroatoms. The maximum absolute atomic E-state index is 12.5. The van der Waals surface area contributed by atoms with Crippen LogP contribution in [0.15, 0.2) is 60.7 Å². The fourth-order valence-corrected chi connectivity index (χ4v) is 2.20. The van der Waals surface area contributed by atoms with Crippen molar-refractivity contribution < 1.29 is 9.53 Å². The Balaban J connectivity index is 2.27. The van der Waals surface area contributed by atoms with Crippen molar-refractivity contribution in [3.63, 3.8) is 0 Å². The van der Waals surface area contributed by atoms with E-state index >= 15 is 0 Å². The third-order valence-corrected chi connectivity index (χ3v) is 3.21. The van der Waals surface area contributed by atoms with Gasteiger partial charge in [0.25, 0.3) is 0 Å². The number of ether oxygens (including phenoxy) is 1. The Morgan fingerprint density at radius 3 is 1.90 bits per heavy atom. The van der Waals surface area contributed by atoms with Crippen molar-refractivity contribution in [1.29, 1.82) is 0 Å². The zero-order chi connectivity index (χ0) is 15.1. The number of nitrogens with zero attached hydrogens (tertiary/aromatic N) is 1. The lowest BCUT2D eigenvalue weighted by Crippen LogP contribution is -2.29. The van der Waals surface area contributed by atoms with Crippen molar-refractivity contribution in [2.45, 2.75) is 32.8 Å². The molecule has 0 aliphatic rings. The molecule has 21 heavy (non-hydrogen) atoms. The van der Waals surface area contributed by atoms with Crippen LogP contribution in [0.4, 0.5) is 16.2 Å². The van der Waals surface area contributed by atoms with E-state index in [4.69, 9.17) is 4.74 Å². The Morgan fingerprint density at radius 1 is 1.00 bits per heavy atom. The van der Waals surface area contributed by atoms with Crippen LogP contribution < -0.4 is 4.90 Å². The molecule has 0 N–H and O–H groups in total. The molecule has 0 heterocycles. The summed E-state index contributed by atoms with van der Waals surface area (Å²) in [7, 11) is 0. The fourth-order valence-electron chi connectivity index (χ4n) is 2.20. The van der Waals surface area contributed by atoms with E-state index < -0.39 is 0 Å². The quantitative estimate of drug-likeness (QED) is 0.759. The molecule has 0 saturated heterocycles. The van der Waals surface area contributed by atoms with Gasteiger partial charge in [0.15, 0.2) is 0 Å². The van der Waals surface area contributed by atoms with Gasteiger partial charge >= 0.3 is 6.09 Å². The second-order valence-corrected chi connectivity index (χ2v) is 4.99. The molecule has 0 aliphatic heterocycles. The number of hydrogen-bond acceptors (Lipinski definition) is 2. The summed E-state index contributed by atoms with van der Waals surface area (Å²) in [5.74, 6) is 0. The molecule has 2 aromatic carbocycles. The summed E-state index contributed by atoms with van der Waals surface area (Å²) in [5, 5.41) is 0. The van der Waals surface area contributed by atoms with Crippen molar-refractivity contribution in [2.75, 3.05) is 4.90 Å². The number of carbonyl (C=O) groups is 1. The maximum atomic E-state index is 12.5. The van der Waals surface area contributed by atoms with E-state index in [0.29, 0.717) is 0 Å². The van der Waals surface area contributed by atoms with Crippen LogP contribution >= 0.6 is 0 Å². The SMILES string of the molecule is CCCC(C)OC(=O)N(c1ccccc1)c1ccccc1. The minimum Gasteiger partial charge on any atom is -0.446 e. The third kappa shape index (κ3) is 4.09. The summed E-state index contributed by atoms with van der Waals surface area (Å²) in [4.78, 5) is 14.1. The molecule has 0 fully saturated rings. The first kappa shape index (κ1) is 15.1. The van der Waals surface area contributed by atoms with Crippen molar-refractivity contribution >= 4 is 17.5 Å². The predicted molar refractivity (Wildman–Crippen MR) is 85.9 cm³/mol. The second kappa shape index (κ2) is 7.48. The van der Waals surface area contributed by atoms with E-state index in [1.165, 1.54) is 0 Å². The van der Waals surface area contributed by atoms with Gasteiger partial charge in [0.1, 0.15) is 6.10 Å². The normalized spacial score (nSPS) is 11.7. The molecule has 3 nitrogen and oxygen atoms in total. The van der Waals surface area contributed by atoms with Crippen molar-refractivity contribution in [3.05, 3.63) is 60.7 Å². The lowest BCUT2D eigenvalue weighted by atomic mass is 10.2. The standard InChI is InChI=1S/C18H21NO2/c1-3-10-15(2)21-18(20)19(16-11-6-4-7-12-16)17-13-8-5-9-14-17/h4-9,11-15H,3,10H2,1-2H3. The van der Waals surface area contributed by atoms with Crippen LogP contribution in [0, 0.1) is 0 Å². The van der Waals surface area contributed by atoms with E-state index in [1.807, 2.05) is 67.6 Å². The lowest BCUT2D eigenvalue weighted by molar-refractivity contribution is 0.111. The second-order valence-electron chi connectivity index (χ2n) is 4.99. The molecule has 0 radical (unpaired) electrons. The summed E-state index contributed by atoms with van der Waals surface area (Å²) in [6, 6.07) is 19.1. The number of benzene rings is 2. The molecule has 0 aliphatic carbocycles. The minimum absolute atomic E-state index is 0.0857. The number of amides is 1. The first-order chi connectivity index (χ1) is 10.2. The Bertz CT molecular complexity index is 514. The molecule has 0 bridgehead atoms. The van der Waals surface area contributed by atoms with Crippen LogP contribution in [0.3, 0.4) is 0 Å². The molecule has 0 aromatic heterocycles. The average molecular weight is 283 g/mol. The van der Waals surface area contributed by atoms with Gasteiger partial charge in [-0.1, -0.05) is 49.7 Å². The molecule has 0 spiro atoms. The number of rotatable bonds is 5. The Kier molecular flexibility index (Phi) is 5.38. The molecular weight excluding hydrogens is 262 g/mol. The molecule has 1 amide bonds. The van der Waals surface area contributed by atoms with Crippen molar-refractivity contribution in [1.82, 2.24) is 0 Å². The lowest BCUT2D eigenvalue weighted by Gasteiger charge is -2.24. The molecule has 2 aromatic rings. The van der Waals surface area contributed by atoms with Gasteiger partial charge in [-0.05, 0) is 37.6 Å². The highest BCUT2D eigenvalue weighted by Crippen LogP contribution is 2.26. The monoisotopic (exact) mass is 283 g/mol. The van der Waals surface area contributed by atoms with Crippen LogP contribution in [0.2, 0.25) is 0 Å². The summed E-state index contributed by atoms with van der Waals surface area (Å²) >= 11 is 0.